The van der Waals surface area contributed by atoms with E-state index in [0.29, 0.717) is 0 Å². The van der Waals surface area contributed by atoms with Crippen LogP contribution < -0.4 is 4.74 Å². The van der Waals surface area contributed by atoms with Gasteiger partial charge in [0, 0.05) is 13.1 Å². The first-order valence-electron chi connectivity index (χ1n) is 8.36. The van der Waals surface area contributed by atoms with Crippen LogP contribution in [0.4, 0.5) is 5.69 Å². The Labute approximate surface area is 160 Å². The Morgan fingerprint density at radius 1 is 1.33 bits per heavy atom. The number of rotatable bonds is 6. The summed E-state index contributed by atoms with van der Waals surface area (Å²) in [5.41, 5.74) is 1.50. The lowest BCUT2D eigenvalue weighted by Crippen LogP contribution is -2.33. The van der Waals surface area contributed by atoms with E-state index in [4.69, 9.17) is 4.74 Å². The summed E-state index contributed by atoms with van der Waals surface area (Å²) in [6.45, 7) is 3.37. The standard InChI is InChI=1S/C19H19N3O4S/c1-12-8-9-16(15(10-12)22(24)25)26-11-18(23)21(3)13(2)19-20-14-6-4-5-7-17(14)27-19/h4-10,13H,11H2,1-3H3/t13-/m0/s1. The summed E-state index contributed by atoms with van der Waals surface area (Å²) in [6, 6.07) is 12.2. The van der Waals surface area contributed by atoms with Crippen LogP contribution in [0.15, 0.2) is 42.5 Å². The normalized spacial score (nSPS) is 12.0. The molecule has 1 amide bonds. The molecule has 0 fully saturated rings. The molecule has 0 saturated heterocycles. The number of fused-ring (bicyclic) bond motifs is 1. The Morgan fingerprint density at radius 2 is 2.07 bits per heavy atom. The second-order valence-corrected chi connectivity index (χ2v) is 7.28. The number of aryl methyl sites for hydroxylation is 1. The lowest BCUT2D eigenvalue weighted by Gasteiger charge is -2.23. The molecule has 0 saturated carbocycles. The van der Waals surface area contributed by atoms with Crippen molar-refractivity contribution >= 4 is 33.1 Å². The lowest BCUT2D eigenvalue weighted by atomic mass is 10.2. The van der Waals surface area contributed by atoms with Crippen molar-refractivity contribution in [3.05, 3.63) is 63.1 Å². The van der Waals surface area contributed by atoms with E-state index in [2.05, 4.69) is 4.98 Å². The number of nitro benzene ring substituents is 1. The average Bonchev–Trinajstić information content (AvgIpc) is 3.09. The predicted molar refractivity (Wildman–Crippen MR) is 104 cm³/mol. The summed E-state index contributed by atoms with van der Waals surface area (Å²) in [5, 5.41) is 12.0. The van der Waals surface area contributed by atoms with E-state index in [1.165, 1.54) is 28.4 Å². The molecule has 1 heterocycles. The fraction of sp³-hybridized carbons (Fsp3) is 0.263. The first-order valence-corrected chi connectivity index (χ1v) is 9.17. The zero-order chi connectivity index (χ0) is 19.6. The van der Waals surface area contributed by atoms with Gasteiger partial charge in [-0.2, -0.15) is 0 Å². The molecule has 0 aliphatic rings. The number of aromatic nitrogens is 1. The van der Waals surface area contributed by atoms with Gasteiger partial charge in [-0.05, 0) is 37.6 Å². The van der Waals surface area contributed by atoms with Crippen LogP contribution in [0.3, 0.4) is 0 Å². The third kappa shape index (κ3) is 4.06. The summed E-state index contributed by atoms with van der Waals surface area (Å²) >= 11 is 1.54. The fourth-order valence-electron chi connectivity index (χ4n) is 2.58. The van der Waals surface area contributed by atoms with Crippen LogP contribution in [0.1, 0.15) is 23.5 Å². The number of nitro groups is 1. The van der Waals surface area contributed by atoms with E-state index in [-0.39, 0.29) is 30.0 Å². The van der Waals surface area contributed by atoms with Gasteiger partial charge in [0.1, 0.15) is 5.01 Å². The zero-order valence-electron chi connectivity index (χ0n) is 15.2. The molecule has 0 bridgehead atoms. The van der Waals surface area contributed by atoms with Crippen molar-refractivity contribution in [2.45, 2.75) is 19.9 Å². The Bertz CT molecular complexity index is 969. The van der Waals surface area contributed by atoms with E-state index in [9.17, 15) is 14.9 Å². The summed E-state index contributed by atoms with van der Waals surface area (Å²) < 4.78 is 6.49. The van der Waals surface area contributed by atoms with E-state index < -0.39 is 4.92 Å². The predicted octanol–water partition coefficient (Wildman–Crippen LogP) is 4.11. The molecule has 0 radical (unpaired) electrons. The number of benzene rings is 2. The van der Waals surface area contributed by atoms with Crippen molar-refractivity contribution in [1.82, 2.24) is 9.88 Å². The molecule has 0 aliphatic carbocycles. The number of thiazole rings is 1. The summed E-state index contributed by atoms with van der Waals surface area (Å²) in [7, 11) is 1.67. The molecule has 140 valence electrons. The monoisotopic (exact) mass is 385 g/mol. The van der Waals surface area contributed by atoms with Crippen molar-refractivity contribution in [2.75, 3.05) is 13.7 Å². The van der Waals surface area contributed by atoms with Crippen molar-refractivity contribution in [3.63, 3.8) is 0 Å². The Balaban J connectivity index is 1.69. The van der Waals surface area contributed by atoms with Gasteiger partial charge in [0.2, 0.25) is 0 Å². The average molecular weight is 385 g/mol. The fourth-order valence-corrected chi connectivity index (χ4v) is 3.65. The van der Waals surface area contributed by atoms with Crippen LogP contribution in [0.5, 0.6) is 5.75 Å². The molecule has 3 rings (SSSR count). The number of hydrogen-bond acceptors (Lipinski definition) is 6. The van der Waals surface area contributed by atoms with Crippen LogP contribution in [0.2, 0.25) is 0 Å². The molecule has 27 heavy (non-hydrogen) atoms. The van der Waals surface area contributed by atoms with Gasteiger partial charge in [-0.3, -0.25) is 14.9 Å². The van der Waals surface area contributed by atoms with Crippen LogP contribution in [0.25, 0.3) is 10.2 Å². The molecule has 1 aromatic heterocycles. The van der Waals surface area contributed by atoms with E-state index >= 15 is 0 Å². The molecule has 3 aromatic rings. The van der Waals surface area contributed by atoms with Gasteiger partial charge in [0.25, 0.3) is 5.91 Å². The Kier molecular flexibility index (Phi) is 5.36. The third-order valence-electron chi connectivity index (χ3n) is 4.30. The molecule has 7 nitrogen and oxygen atoms in total. The second kappa shape index (κ2) is 7.71. The van der Waals surface area contributed by atoms with Crippen LogP contribution in [-0.2, 0) is 4.79 Å². The van der Waals surface area contributed by atoms with Crippen molar-refractivity contribution in [1.29, 1.82) is 0 Å². The van der Waals surface area contributed by atoms with E-state index in [1.807, 2.05) is 31.2 Å². The molecule has 8 heteroatoms. The van der Waals surface area contributed by atoms with Crippen LogP contribution >= 0.6 is 11.3 Å². The summed E-state index contributed by atoms with van der Waals surface area (Å²) in [6.07, 6.45) is 0. The number of ether oxygens (including phenoxy) is 1. The van der Waals surface area contributed by atoms with Crippen molar-refractivity contribution in [2.24, 2.45) is 0 Å². The van der Waals surface area contributed by atoms with Gasteiger partial charge >= 0.3 is 5.69 Å². The lowest BCUT2D eigenvalue weighted by molar-refractivity contribution is -0.385. The van der Waals surface area contributed by atoms with Gasteiger partial charge in [-0.15, -0.1) is 11.3 Å². The van der Waals surface area contributed by atoms with E-state index in [0.717, 1.165) is 20.8 Å². The summed E-state index contributed by atoms with van der Waals surface area (Å²) in [5.74, 6) is -0.198. The minimum atomic E-state index is -0.514. The molecule has 0 spiro atoms. The number of likely N-dealkylation sites (N-methyl/N-ethyl adjacent to an activating group) is 1. The Hall–Kier alpha value is -3.00. The number of carbonyl (C=O) groups excluding carboxylic acids is 1. The first kappa shape index (κ1) is 18.8. The number of amides is 1. The van der Waals surface area contributed by atoms with Crippen LogP contribution in [-0.4, -0.2) is 34.4 Å². The highest BCUT2D eigenvalue weighted by atomic mass is 32.1. The molecule has 1 atom stereocenters. The quantitative estimate of drug-likeness (QED) is 0.471. The Morgan fingerprint density at radius 3 is 2.78 bits per heavy atom. The largest absolute Gasteiger partial charge is 0.477 e. The minimum Gasteiger partial charge on any atom is -0.477 e. The maximum absolute atomic E-state index is 12.5. The van der Waals surface area contributed by atoms with Crippen LogP contribution in [0, 0.1) is 17.0 Å². The third-order valence-corrected chi connectivity index (χ3v) is 5.51. The van der Waals surface area contributed by atoms with Gasteiger partial charge in [-0.1, -0.05) is 18.2 Å². The maximum atomic E-state index is 12.5. The summed E-state index contributed by atoms with van der Waals surface area (Å²) in [4.78, 5) is 29.3. The molecule has 0 N–H and O–H groups in total. The van der Waals surface area contributed by atoms with Gasteiger partial charge in [0.15, 0.2) is 12.4 Å². The molecular weight excluding hydrogens is 366 g/mol. The second-order valence-electron chi connectivity index (χ2n) is 6.22. The van der Waals surface area contributed by atoms with Crippen molar-refractivity contribution < 1.29 is 14.5 Å². The number of hydrogen-bond donors (Lipinski definition) is 0. The van der Waals surface area contributed by atoms with Crippen molar-refractivity contribution in [3.8, 4) is 5.75 Å². The number of nitrogens with zero attached hydrogens (tertiary/aromatic N) is 3. The highest BCUT2D eigenvalue weighted by molar-refractivity contribution is 7.18. The zero-order valence-corrected chi connectivity index (χ0v) is 16.0. The highest BCUT2D eigenvalue weighted by Gasteiger charge is 2.22. The maximum Gasteiger partial charge on any atom is 0.311 e. The molecule has 0 aliphatic heterocycles. The van der Waals surface area contributed by atoms with Gasteiger partial charge in [-0.25, -0.2) is 4.98 Å². The van der Waals surface area contributed by atoms with Gasteiger partial charge < -0.3 is 9.64 Å². The topological polar surface area (TPSA) is 85.6 Å². The molecular formula is C19H19N3O4S. The SMILES string of the molecule is Cc1ccc(OCC(=O)N(C)[C@@H](C)c2nc3ccccc3s2)c([N+](=O)[O-])c1. The number of carbonyl (C=O) groups is 1. The highest BCUT2D eigenvalue weighted by Crippen LogP contribution is 2.30. The van der Waals surface area contributed by atoms with E-state index in [1.54, 1.807) is 20.0 Å². The molecule has 2 aromatic carbocycles. The van der Waals surface area contributed by atoms with Gasteiger partial charge in [0.05, 0.1) is 21.2 Å². The molecule has 0 unspecified atom stereocenters. The smallest absolute Gasteiger partial charge is 0.311 e. The minimum absolute atomic E-state index is 0.0833. The first-order chi connectivity index (χ1) is 12.9. The number of para-hydroxylation sites is 1.